The van der Waals surface area contributed by atoms with Gasteiger partial charge in [0.1, 0.15) is 6.04 Å². The van der Waals surface area contributed by atoms with Crippen molar-refractivity contribution in [2.24, 2.45) is 5.73 Å². The van der Waals surface area contributed by atoms with Crippen LogP contribution in [-0.4, -0.2) is 42.1 Å². The third-order valence-corrected chi connectivity index (χ3v) is 5.40. The number of rotatable bonds is 10. The van der Waals surface area contributed by atoms with E-state index in [1.165, 1.54) is 5.48 Å². The van der Waals surface area contributed by atoms with Gasteiger partial charge in [0, 0.05) is 29.4 Å². The second-order valence-electron chi connectivity index (χ2n) is 7.67. The highest BCUT2D eigenvalue weighted by Gasteiger charge is 2.19. The Morgan fingerprint density at radius 2 is 1.49 bits per heavy atom. The molecule has 0 spiro atoms. The quantitative estimate of drug-likeness (QED) is 0.188. The third-order valence-electron chi connectivity index (χ3n) is 5.14. The maximum absolute atomic E-state index is 12.3. The second-order valence-corrected chi connectivity index (χ2v) is 8.11. The lowest BCUT2D eigenvalue weighted by Gasteiger charge is -2.14. The lowest BCUT2D eigenvalue weighted by molar-refractivity contribution is -0.130. The van der Waals surface area contributed by atoms with Gasteiger partial charge in [-0.05, 0) is 53.1 Å². The summed E-state index contributed by atoms with van der Waals surface area (Å²) in [5.41, 5.74) is 10.7. The Labute approximate surface area is 207 Å². The Hall–Kier alpha value is -3.76. The standard InChI is InChI=1S/C25H26ClN5O4/c26-20-9-1-16(2-10-20)14-28-15-23(32)29-21-11-7-18(8-12-21)17-3-5-19(6-4-17)24(33)30-22(13-27)25(34)31-35/h1-12,22,28,35H,13-15,27H2,(H,29,32)(H,30,33)(H,31,34)/t22-/m0/s1. The largest absolute Gasteiger partial charge is 0.339 e. The molecule has 0 unspecified atom stereocenters. The highest BCUT2D eigenvalue weighted by molar-refractivity contribution is 6.30. The Balaban J connectivity index is 1.51. The van der Waals surface area contributed by atoms with Gasteiger partial charge in [-0.25, -0.2) is 5.48 Å². The van der Waals surface area contributed by atoms with Crippen molar-refractivity contribution in [3.8, 4) is 11.1 Å². The minimum Gasteiger partial charge on any atom is -0.339 e. The van der Waals surface area contributed by atoms with Gasteiger partial charge in [-0.2, -0.15) is 0 Å². The minimum absolute atomic E-state index is 0.155. The molecule has 0 saturated heterocycles. The molecule has 3 amide bonds. The third kappa shape index (κ3) is 7.62. The molecule has 35 heavy (non-hydrogen) atoms. The van der Waals surface area contributed by atoms with Crippen LogP contribution in [0.1, 0.15) is 15.9 Å². The number of hydrogen-bond acceptors (Lipinski definition) is 6. The van der Waals surface area contributed by atoms with Crippen LogP contribution in [0.5, 0.6) is 0 Å². The summed E-state index contributed by atoms with van der Waals surface area (Å²) in [5, 5.41) is 17.8. The summed E-state index contributed by atoms with van der Waals surface area (Å²) < 4.78 is 0. The van der Waals surface area contributed by atoms with Gasteiger partial charge < -0.3 is 21.7 Å². The summed E-state index contributed by atoms with van der Waals surface area (Å²) in [7, 11) is 0. The topological polar surface area (TPSA) is 146 Å². The van der Waals surface area contributed by atoms with Gasteiger partial charge in [-0.1, -0.05) is 48.0 Å². The lowest BCUT2D eigenvalue weighted by Crippen LogP contribution is -2.50. The van der Waals surface area contributed by atoms with Crippen LogP contribution in [0.4, 0.5) is 5.69 Å². The van der Waals surface area contributed by atoms with Crippen molar-refractivity contribution < 1.29 is 19.6 Å². The molecule has 3 aromatic rings. The van der Waals surface area contributed by atoms with Crippen molar-refractivity contribution in [2.75, 3.05) is 18.4 Å². The smallest absolute Gasteiger partial charge is 0.267 e. The van der Waals surface area contributed by atoms with Crippen molar-refractivity contribution in [3.05, 3.63) is 88.9 Å². The van der Waals surface area contributed by atoms with Gasteiger partial charge in [0.05, 0.1) is 6.54 Å². The number of benzene rings is 3. The molecule has 0 bridgehead atoms. The van der Waals surface area contributed by atoms with E-state index in [0.717, 1.165) is 16.7 Å². The Bertz CT molecular complexity index is 1150. The van der Waals surface area contributed by atoms with E-state index in [4.69, 9.17) is 22.5 Å². The molecule has 7 N–H and O–H groups in total. The average Bonchev–Trinajstić information content (AvgIpc) is 2.88. The number of carbonyl (C=O) groups excluding carboxylic acids is 3. The molecule has 1 atom stereocenters. The number of nitrogens with one attached hydrogen (secondary N) is 4. The Morgan fingerprint density at radius 1 is 0.886 bits per heavy atom. The van der Waals surface area contributed by atoms with E-state index in [-0.39, 0.29) is 19.0 Å². The molecule has 182 valence electrons. The van der Waals surface area contributed by atoms with Crippen molar-refractivity contribution in [3.63, 3.8) is 0 Å². The Kier molecular flexibility index (Phi) is 9.33. The van der Waals surface area contributed by atoms with Crippen molar-refractivity contribution in [1.82, 2.24) is 16.1 Å². The molecule has 0 saturated carbocycles. The first-order valence-electron chi connectivity index (χ1n) is 10.8. The van der Waals surface area contributed by atoms with E-state index >= 15 is 0 Å². The highest BCUT2D eigenvalue weighted by atomic mass is 35.5. The van der Waals surface area contributed by atoms with Crippen LogP contribution in [0.25, 0.3) is 11.1 Å². The number of nitrogens with two attached hydrogens (primary N) is 1. The molecule has 0 radical (unpaired) electrons. The predicted octanol–water partition coefficient (Wildman–Crippen LogP) is 2.30. The van der Waals surface area contributed by atoms with Crippen LogP contribution in [0, 0.1) is 0 Å². The van der Waals surface area contributed by atoms with Crippen LogP contribution < -0.4 is 27.2 Å². The molecule has 3 aromatic carbocycles. The fourth-order valence-corrected chi connectivity index (χ4v) is 3.36. The van der Waals surface area contributed by atoms with Gasteiger partial charge in [0.2, 0.25) is 5.91 Å². The van der Waals surface area contributed by atoms with Crippen molar-refractivity contribution >= 4 is 35.0 Å². The maximum atomic E-state index is 12.3. The first kappa shape index (κ1) is 25.9. The molecule has 3 rings (SSSR count). The predicted molar refractivity (Wildman–Crippen MR) is 134 cm³/mol. The zero-order chi connectivity index (χ0) is 25.2. The number of anilines is 1. The van der Waals surface area contributed by atoms with Crippen LogP contribution >= 0.6 is 11.6 Å². The van der Waals surface area contributed by atoms with Crippen LogP contribution in [0.2, 0.25) is 5.02 Å². The summed E-state index contributed by atoms with van der Waals surface area (Å²) in [4.78, 5) is 36.0. The second kappa shape index (κ2) is 12.6. The first-order valence-corrected chi connectivity index (χ1v) is 11.2. The average molecular weight is 496 g/mol. The molecule has 0 aliphatic carbocycles. The SMILES string of the molecule is NC[C@H](NC(=O)c1ccc(-c2ccc(NC(=O)CNCc3ccc(Cl)cc3)cc2)cc1)C(=O)NO. The number of amides is 3. The van der Waals surface area contributed by atoms with Crippen LogP contribution in [0.3, 0.4) is 0 Å². The minimum atomic E-state index is -1.04. The van der Waals surface area contributed by atoms with Gasteiger partial charge >= 0.3 is 0 Å². The van der Waals surface area contributed by atoms with E-state index in [0.29, 0.717) is 22.8 Å². The normalized spacial score (nSPS) is 11.4. The molecule has 0 aromatic heterocycles. The monoisotopic (exact) mass is 495 g/mol. The summed E-state index contributed by atoms with van der Waals surface area (Å²) >= 11 is 5.87. The summed E-state index contributed by atoms with van der Waals surface area (Å²) in [6.07, 6.45) is 0. The zero-order valence-electron chi connectivity index (χ0n) is 18.8. The highest BCUT2D eigenvalue weighted by Crippen LogP contribution is 2.22. The molecule has 0 aliphatic heterocycles. The molecule has 9 nitrogen and oxygen atoms in total. The lowest BCUT2D eigenvalue weighted by atomic mass is 10.0. The van der Waals surface area contributed by atoms with E-state index in [9.17, 15) is 14.4 Å². The summed E-state index contributed by atoms with van der Waals surface area (Å²) in [5.74, 6) is -1.44. The summed E-state index contributed by atoms with van der Waals surface area (Å²) in [6.45, 7) is 0.565. The van der Waals surface area contributed by atoms with E-state index in [2.05, 4.69) is 16.0 Å². The molecule has 0 fully saturated rings. The molecular weight excluding hydrogens is 470 g/mol. The van der Waals surface area contributed by atoms with Gasteiger partial charge in [0.25, 0.3) is 11.8 Å². The number of hydrogen-bond donors (Lipinski definition) is 6. The Morgan fingerprint density at radius 3 is 2.06 bits per heavy atom. The van der Waals surface area contributed by atoms with Gasteiger partial charge in [-0.3, -0.25) is 19.6 Å². The van der Waals surface area contributed by atoms with Crippen LogP contribution in [0.15, 0.2) is 72.8 Å². The van der Waals surface area contributed by atoms with Crippen molar-refractivity contribution in [2.45, 2.75) is 12.6 Å². The van der Waals surface area contributed by atoms with E-state index in [1.807, 2.05) is 24.3 Å². The fraction of sp³-hybridized carbons (Fsp3) is 0.160. The number of carbonyl (C=O) groups is 3. The summed E-state index contributed by atoms with van der Waals surface area (Å²) in [6, 6.07) is 20.5. The number of hydroxylamine groups is 1. The van der Waals surface area contributed by atoms with Gasteiger partial charge in [0.15, 0.2) is 0 Å². The molecule has 10 heteroatoms. The van der Waals surface area contributed by atoms with E-state index < -0.39 is 17.9 Å². The maximum Gasteiger partial charge on any atom is 0.267 e. The van der Waals surface area contributed by atoms with Gasteiger partial charge in [-0.15, -0.1) is 0 Å². The molecule has 0 heterocycles. The van der Waals surface area contributed by atoms with Crippen LogP contribution in [-0.2, 0) is 16.1 Å². The first-order chi connectivity index (χ1) is 16.9. The van der Waals surface area contributed by atoms with E-state index in [1.54, 1.807) is 48.5 Å². The fourth-order valence-electron chi connectivity index (χ4n) is 3.24. The molecule has 0 aliphatic rings. The zero-order valence-corrected chi connectivity index (χ0v) is 19.5. The van der Waals surface area contributed by atoms with Crippen molar-refractivity contribution in [1.29, 1.82) is 0 Å². The molecular formula is C25H26ClN5O4. The number of halogens is 1.